The zero-order chi connectivity index (χ0) is 27.8. The van der Waals surface area contributed by atoms with E-state index in [1.165, 1.54) is 35.8 Å². The molecule has 40 heavy (non-hydrogen) atoms. The minimum Gasteiger partial charge on any atom is -0.465 e. The Bertz CT molecular complexity index is 1520. The van der Waals surface area contributed by atoms with Gasteiger partial charge in [0.2, 0.25) is 5.91 Å². The maximum atomic E-state index is 13.1. The lowest BCUT2D eigenvalue weighted by Crippen LogP contribution is -2.48. The van der Waals surface area contributed by atoms with Crippen LogP contribution in [0.5, 0.6) is 0 Å². The van der Waals surface area contributed by atoms with Crippen molar-refractivity contribution in [2.75, 3.05) is 31.3 Å². The number of esters is 1. The fraction of sp³-hybridized carbons (Fsp3) is 0.400. The van der Waals surface area contributed by atoms with Crippen LogP contribution in [0.4, 0.5) is 5.00 Å². The van der Waals surface area contributed by atoms with E-state index in [0.29, 0.717) is 33.3 Å². The molecule has 3 aliphatic rings. The Morgan fingerprint density at radius 3 is 2.73 bits per heavy atom. The summed E-state index contributed by atoms with van der Waals surface area (Å²) < 4.78 is 7.70. The lowest BCUT2D eigenvalue weighted by Gasteiger charge is -2.43. The van der Waals surface area contributed by atoms with E-state index in [1.54, 1.807) is 6.07 Å². The van der Waals surface area contributed by atoms with Crippen molar-refractivity contribution in [1.29, 1.82) is 0 Å². The Hall–Kier alpha value is -2.95. The van der Waals surface area contributed by atoms with Crippen molar-refractivity contribution in [2.45, 2.75) is 44.1 Å². The van der Waals surface area contributed by atoms with Crippen LogP contribution in [-0.4, -0.2) is 51.6 Å². The van der Waals surface area contributed by atoms with E-state index in [9.17, 15) is 14.4 Å². The highest BCUT2D eigenvalue weighted by atomic mass is 32.2. The predicted octanol–water partition coefficient (Wildman–Crippen LogP) is 5.04. The number of ether oxygens (including phenoxy) is 1. The van der Waals surface area contributed by atoms with Crippen molar-refractivity contribution in [3.05, 3.63) is 86.1 Å². The van der Waals surface area contributed by atoms with Gasteiger partial charge >= 0.3 is 5.97 Å². The van der Waals surface area contributed by atoms with E-state index in [0.717, 1.165) is 54.9 Å². The minimum absolute atomic E-state index is 0.0615. The number of benzene rings is 1. The molecule has 0 radical (unpaired) electrons. The number of hydrogen-bond acceptors (Lipinski definition) is 7. The first-order chi connectivity index (χ1) is 19.4. The van der Waals surface area contributed by atoms with E-state index >= 15 is 0 Å². The zero-order valence-electron chi connectivity index (χ0n) is 22.3. The molecule has 0 saturated carbocycles. The molecule has 1 amide bonds. The molecule has 7 nitrogen and oxygen atoms in total. The molecule has 208 valence electrons. The van der Waals surface area contributed by atoms with Gasteiger partial charge in [-0.15, -0.1) is 11.3 Å². The van der Waals surface area contributed by atoms with E-state index in [4.69, 9.17) is 17.0 Å². The summed E-state index contributed by atoms with van der Waals surface area (Å²) in [5, 5.41) is 3.56. The number of hydrogen-bond donors (Lipinski definition) is 1. The highest BCUT2D eigenvalue weighted by molar-refractivity contribution is 8.23. The maximum absolute atomic E-state index is 13.1. The van der Waals surface area contributed by atoms with Gasteiger partial charge in [-0.2, -0.15) is 0 Å². The monoisotopic (exact) mass is 593 g/mol. The van der Waals surface area contributed by atoms with Crippen LogP contribution in [0, 0.1) is 5.92 Å². The largest absolute Gasteiger partial charge is 0.465 e. The number of aromatic nitrogens is 1. The summed E-state index contributed by atoms with van der Waals surface area (Å²) in [6.45, 7) is 2.25. The molecule has 10 heteroatoms. The number of fused-ring (bicyclic) bond motifs is 5. The Labute approximate surface area is 246 Å². The molecule has 1 aliphatic carbocycles. The topological polar surface area (TPSA) is 80.6 Å². The molecule has 4 heterocycles. The molecule has 2 aliphatic heterocycles. The molecule has 2 aromatic heterocycles. The van der Waals surface area contributed by atoms with Gasteiger partial charge in [0.05, 0.1) is 18.4 Å². The van der Waals surface area contributed by atoms with Crippen LogP contribution in [0.25, 0.3) is 0 Å². The third-order valence-electron chi connectivity index (χ3n) is 8.24. The first-order valence-corrected chi connectivity index (χ1v) is 15.8. The average Bonchev–Trinajstić information content (AvgIpc) is 3.33. The Kier molecular flexibility index (Phi) is 7.83. The highest BCUT2D eigenvalue weighted by Crippen LogP contribution is 2.43. The molecular formula is C30H31N3O4S3. The number of thiocarbonyl (C=S) groups is 1. The number of nitrogens with one attached hydrogen (secondary N) is 1. The maximum Gasteiger partial charge on any atom is 0.341 e. The van der Waals surface area contributed by atoms with Crippen molar-refractivity contribution < 1.29 is 14.3 Å². The molecule has 1 aromatic carbocycles. The van der Waals surface area contributed by atoms with Crippen LogP contribution in [0.3, 0.4) is 0 Å². The number of likely N-dealkylation sites (tertiary alicyclic amines) is 1. The summed E-state index contributed by atoms with van der Waals surface area (Å²) in [6, 6.07) is 15.9. The van der Waals surface area contributed by atoms with Crippen molar-refractivity contribution in [3.63, 3.8) is 0 Å². The van der Waals surface area contributed by atoms with E-state index in [-0.39, 0.29) is 23.1 Å². The van der Waals surface area contributed by atoms with Crippen molar-refractivity contribution in [3.8, 4) is 0 Å². The van der Waals surface area contributed by atoms with Crippen LogP contribution in [0.2, 0.25) is 0 Å². The van der Waals surface area contributed by atoms with Crippen molar-refractivity contribution in [2.24, 2.45) is 5.92 Å². The van der Waals surface area contributed by atoms with Crippen LogP contribution >= 0.6 is 35.3 Å². The fourth-order valence-electron chi connectivity index (χ4n) is 6.43. The molecular weight excluding hydrogens is 563 g/mol. The number of carbonyl (C=O) groups excluding carboxylic acids is 2. The number of methoxy groups -OCH3 is 1. The van der Waals surface area contributed by atoms with E-state index < -0.39 is 5.97 Å². The molecule has 0 spiro atoms. The standard InChI is InChI=1S/C30H31N3O4S3/c1-37-29(36)27-22-11-10-20(19-6-3-2-4-7-19)13-24(22)40-28(27)31-25(34)17-39-30(38)32-14-18-12-21(16-32)23-8-5-9-26(35)33(23)15-18/h2-9,18,20-21H,10-17H2,1H3,(H,31,34)/t18-,20-,21-/m0/s1. The Balaban J connectivity index is 1.11. The number of piperidine rings is 1. The van der Waals surface area contributed by atoms with Gasteiger partial charge < -0.3 is 19.5 Å². The molecule has 6 rings (SSSR count). The lowest BCUT2D eigenvalue weighted by molar-refractivity contribution is -0.113. The third-order valence-corrected chi connectivity index (χ3v) is 10.9. The number of anilines is 1. The van der Waals surface area contributed by atoms with Gasteiger partial charge in [0, 0.05) is 42.2 Å². The van der Waals surface area contributed by atoms with Gasteiger partial charge in [-0.25, -0.2) is 4.79 Å². The molecule has 3 aromatic rings. The van der Waals surface area contributed by atoms with Crippen LogP contribution in [-0.2, 0) is 28.9 Å². The highest BCUT2D eigenvalue weighted by Gasteiger charge is 2.36. The fourth-order valence-corrected chi connectivity index (χ4v) is 8.74. The van der Waals surface area contributed by atoms with Gasteiger partial charge in [-0.05, 0) is 54.7 Å². The number of pyridine rings is 1. The molecule has 1 fully saturated rings. The Morgan fingerprint density at radius 2 is 1.93 bits per heavy atom. The molecule has 1 saturated heterocycles. The van der Waals surface area contributed by atoms with E-state index in [2.05, 4.69) is 34.5 Å². The molecule has 1 N–H and O–H groups in total. The quantitative estimate of drug-likeness (QED) is 0.328. The van der Waals surface area contributed by atoms with Crippen LogP contribution in [0.1, 0.15) is 56.7 Å². The molecule has 0 unspecified atom stereocenters. The van der Waals surface area contributed by atoms with Crippen LogP contribution < -0.4 is 10.9 Å². The zero-order valence-corrected chi connectivity index (χ0v) is 24.7. The van der Waals surface area contributed by atoms with E-state index in [1.807, 2.05) is 22.8 Å². The summed E-state index contributed by atoms with van der Waals surface area (Å²) in [5.41, 5.74) is 3.93. The number of rotatable bonds is 5. The second kappa shape index (κ2) is 11.5. The first-order valence-electron chi connectivity index (χ1n) is 13.6. The number of thiophene rings is 1. The SMILES string of the molecule is COC(=O)c1c(NC(=O)CSC(=S)N2C[C@@H]3C[C@@H](C2)c2cccc(=O)n2C3)sc2c1CC[C@H](c1ccccc1)C2. The van der Waals surface area contributed by atoms with Gasteiger partial charge in [0.15, 0.2) is 0 Å². The minimum atomic E-state index is -0.409. The number of nitrogens with zero attached hydrogens (tertiary/aromatic N) is 2. The van der Waals surface area contributed by atoms with Gasteiger partial charge in [0.1, 0.15) is 9.32 Å². The third kappa shape index (κ3) is 5.36. The summed E-state index contributed by atoms with van der Waals surface area (Å²) >= 11 is 8.58. The van der Waals surface area contributed by atoms with Crippen molar-refractivity contribution in [1.82, 2.24) is 9.47 Å². The second-order valence-electron chi connectivity index (χ2n) is 10.8. The molecule has 3 atom stereocenters. The Morgan fingerprint density at radius 1 is 1.10 bits per heavy atom. The predicted molar refractivity (Wildman–Crippen MR) is 164 cm³/mol. The number of amides is 1. The first kappa shape index (κ1) is 27.2. The van der Waals surface area contributed by atoms with Crippen LogP contribution in [0.15, 0.2) is 53.3 Å². The van der Waals surface area contributed by atoms with Crippen molar-refractivity contribution >= 4 is 56.5 Å². The lowest BCUT2D eigenvalue weighted by atomic mass is 9.83. The summed E-state index contributed by atoms with van der Waals surface area (Å²) in [5.74, 6) is 0.575. The smallest absolute Gasteiger partial charge is 0.341 e. The van der Waals surface area contributed by atoms with Gasteiger partial charge in [-0.3, -0.25) is 9.59 Å². The average molecular weight is 594 g/mol. The summed E-state index contributed by atoms with van der Waals surface area (Å²) in [7, 11) is 1.38. The number of carbonyl (C=O) groups is 2. The molecule has 2 bridgehead atoms. The van der Waals surface area contributed by atoms with Gasteiger partial charge in [0.25, 0.3) is 5.56 Å². The second-order valence-corrected chi connectivity index (χ2v) is 13.5. The normalized spacial score (nSPS) is 21.2. The summed E-state index contributed by atoms with van der Waals surface area (Å²) in [4.78, 5) is 41.5. The summed E-state index contributed by atoms with van der Waals surface area (Å²) in [6.07, 6.45) is 3.62. The number of thioether (sulfide) groups is 1. The van der Waals surface area contributed by atoms with Gasteiger partial charge in [-0.1, -0.05) is 60.4 Å².